The van der Waals surface area contributed by atoms with Gasteiger partial charge in [0.2, 0.25) is 0 Å². The SMILES string of the molecule is C[C@@H]1CN(c2c(CO[Si](c3ccccc3)(c3ccccc3)C(C)(C)C)cc(/C(=N/O)c3cncc(Cl)n3)c(F)c2F)C[C@H](C)O1. The first-order valence-corrected chi connectivity index (χ1v) is 17.1. The van der Waals surface area contributed by atoms with Gasteiger partial charge in [-0.1, -0.05) is 98.2 Å². The smallest absolute Gasteiger partial charge is 0.261 e. The molecule has 1 fully saturated rings. The van der Waals surface area contributed by atoms with Crippen LogP contribution in [-0.2, 0) is 15.8 Å². The Hall–Kier alpha value is -3.70. The molecule has 1 saturated heterocycles. The lowest BCUT2D eigenvalue weighted by Gasteiger charge is -2.43. The van der Waals surface area contributed by atoms with Gasteiger partial charge >= 0.3 is 0 Å². The summed E-state index contributed by atoms with van der Waals surface area (Å²) in [6, 6.07) is 21.6. The number of morpholine rings is 1. The van der Waals surface area contributed by atoms with Gasteiger partial charge in [0.25, 0.3) is 8.32 Å². The molecule has 2 heterocycles. The summed E-state index contributed by atoms with van der Waals surface area (Å²) in [4.78, 5) is 9.91. The van der Waals surface area contributed by atoms with Crippen LogP contribution in [0.1, 0.15) is 51.4 Å². The fourth-order valence-electron chi connectivity index (χ4n) is 6.30. The number of ether oxygens (including phenoxy) is 1. The summed E-state index contributed by atoms with van der Waals surface area (Å²) in [5, 5.41) is 15.1. The van der Waals surface area contributed by atoms with Gasteiger partial charge in [-0.3, -0.25) is 4.98 Å². The summed E-state index contributed by atoms with van der Waals surface area (Å²) in [7, 11) is -3.07. The molecule has 0 amide bonds. The second-order valence-electron chi connectivity index (χ2n) is 12.3. The lowest BCUT2D eigenvalue weighted by Crippen LogP contribution is -2.66. The fourth-order valence-corrected chi connectivity index (χ4v) is 11.0. The van der Waals surface area contributed by atoms with Crippen molar-refractivity contribution in [2.75, 3.05) is 18.0 Å². The van der Waals surface area contributed by atoms with Crippen LogP contribution in [-0.4, -0.2) is 54.5 Å². The highest BCUT2D eigenvalue weighted by molar-refractivity contribution is 6.99. The van der Waals surface area contributed by atoms with Gasteiger partial charge < -0.3 is 19.3 Å². The highest BCUT2D eigenvalue weighted by Crippen LogP contribution is 2.39. The third-order valence-electron chi connectivity index (χ3n) is 8.06. The molecule has 5 rings (SSSR count). The first-order valence-electron chi connectivity index (χ1n) is 14.8. The van der Waals surface area contributed by atoms with Gasteiger partial charge in [-0.2, -0.15) is 0 Å². The molecule has 1 aliphatic heterocycles. The third kappa shape index (κ3) is 6.51. The molecule has 0 bridgehead atoms. The van der Waals surface area contributed by atoms with E-state index in [0.29, 0.717) is 18.7 Å². The van der Waals surface area contributed by atoms with Crippen LogP contribution in [0.25, 0.3) is 0 Å². The molecule has 236 valence electrons. The zero-order chi connectivity index (χ0) is 32.4. The number of hydrogen-bond donors (Lipinski definition) is 1. The van der Waals surface area contributed by atoms with Crippen LogP contribution < -0.4 is 15.3 Å². The summed E-state index contributed by atoms with van der Waals surface area (Å²) < 4.78 is 45.6. The number of anilines is 1. The monoisotopic (exact) mass is 650 g/mol. The van der Waals surface area contributed by atoms with E-state index in [1.54, 1.807) is 4.90 Å². The predicted octanol–water partition coefficient (Wildman–Crippen LogP) is 6.33. The van der Waals surface area contributed by atoms with Crippen molar-refractivity contribution < 1.29 is 23.2 Å². The van der Waals surface area contributed by atoms with Gasteiger partial charge in [0, 0.05) is 24.2 Å². The summed E-state index contributed by atoms with van der Waals surface area (Å²) in [5.74, 6) is -2.26. The van der Waals surface area contributed by atoms with Crippen LogP contribution in [0, 0.1) is 11.6 Å². The number of aromatic nitrogens is 2. The Kier molecular flexibility index (Phi) is 9.69. The number of nitrogens with zero attached hydrogens (tertiary/aromatic N) is 4. The van der Waals surface area contributed by atoms with Gasteiger partial charge in [-0.05, 0) is 35.3 Å². The zero-order valence-corrected chi connectivity index (χ0v) is 27.7. The summed E-state index contributed by atoms with van der Waals surface area (Å²) >= 11 is 6.04. The lowest BCUT2D eigenvalue weighted by atomic mass is 10.0. The molecule has 2 atom stereocenters. The van der Waals surface area contributed by atoms with Crippen molar-refractivity contribution in [1.82, 2.24) is 9.97 Å². The first kappa shape index (κ1) is 32.7. The van der Waals surface area contributed by atoms with Gasteiger partial charge in [0.1, 0.15) is 16.6 Å². The fraction of sp³-hybridized carbons (Fsp3) is 0.324. The molecule has 1 N–H and O–H groups in total. The minimum Gasteiger partial charge on any atom is -0.410 e. The van der Waals surface area contributed by atoms with Gasteiger partial charge in [-0.25, -0.2) is 13.8 Å². The molecule has 0 radical (unpaired) electrons. The van der Waals surface area contributed by atoms with E-state index < -0.39 is 20.0 Å². The first-order chi connectivity index (χ1) is 21.5. The van der Waals surface area contributed by atoms with Crippen molar-refractivity contribution in [2.45, 2.75) is 58.5 Å². The summed E-state index contributed by atoms with van der Waals surface area (Å²) in [5.41, 5.74) is -0.113. The molecule has 11 heteroatoms. The molecular weight excluding hydrogens is 614 g/mol. The molecule has 0 saturated carbocycles. The van der Waals surface area contributed by atoms with E-state index in [-0.39, 0.29) is 51.7 Å². The quantitative estimate of drug-likeness (QED) is 0.104. The topological polar surface area (TPSA) is 80.1 Å². The van der Waals surface area contributed by atoms with Gasteiger partial charge in [0.15, 0.2) is 11.6 Å². The summed E-state index contributed by atoms with van der Waals surface area (Å²) in [6.07, 6.45) is 2.15. The van der Waals surface area contributed by atoms with Crippen molar-refractivity contribution in [2.24, 2.45) is 5.16 Å². The number of hydrogen-bond acceptors (Lipinski definition) is 7. The molecular formula is C34H37ClF2N4O3Si. The third-order valence-corrected chi connectivity index (χ3v) is 13.2. The maximum Gasteiger partial charge on any atom is 0.261 e. The van der Waals surface area contributed by atoms with E-state index in [2.05, 4.69) is 60.2 Å². The Balaban J connectivity index is 1.71. The minimum absolute atomic E-state index is 0.0106. The normalized spacial score (nSPS) is 17.9. The average molecular weight is 651 g/mol. The zero-order valence-electron chi connectivity index (χ0n) is 26.0. The number of halogens is 3. The molecule has 0 aliphatic carbocycles. The molecule has 1 aromatic heterocycles. The Bertz CT molecular complexity index is 1620. The second kappa shape index (κ2) is 13.3. The number of benzene rings is 3. The van der Waals surface area contributed by atoms with Crippen molar-refractivity contribution in [1.29, 1.82) is 0 Å². The van der Waals surface area contributed by atoms with E-state index in [4.69, 9.17) is 20.8 Å². The number of oxime groups is 1. The molecule has 4 aromatic rings. The van der Waals surface area contributed by atoms with Crippen molar-refractivity contribution >= 4 is 41.7 Å². The lowest BCUT2D eigenvalue weighted by molar-refractivity contribution is -0.00553. The van der Waals surface area contributed by atoms with Crippen molar-refractivity contribution in [3.63, 3.8) is 0 Å². The highest BCUT2D eigenvalue weighted by Gasteiger charge is 2.50. The maximum atomic E-state index is 16.5. The maximum absolute atomic E-state index is 16.5. The average Bonchev–Trinajstić information content (AvgIpc) is 3.00. The molecule has 45 heavy (non-hydrogen) atoms. The number of rotatable bonds is 8. The predicted molar refractivity (Wildman–Crippen MR) is 175 cm³/mol. The van der Waals surface area contributed by atoms with Crippen LogP contribution in [0.15, 0.2) is 84.3 Å². The standard InChI is InChI=1S/C34H37ClF2N4O3Si/c1-22-19-41(20-23(2)44-22)33-24(16-27(30(36)31(33)37)32(40-42)28-17-38-18-29(35)39-28)21-43-45(34(3,4)5,25-12-8-6-9-13-25)26-14-10-7-11-15-26/h6-18,22-23,42H,19-21H2,1-5H3/b40-32-/t22-,23+. The Morgan fingerprint density at radius 2 is 1.58 bits per heavy atom. The van der Waals surface area contributed by atoms with Crippen molar-refractivity contribution in [3.8, 4) is 0 Å². The van der Waals surface area contributed by atoms with Crippen LogP contribution in [0.2, 0.25) is 10.2 Å². The van der Waals surface area contributed by atoms with Crippen LogP contribution in [0.4, 0.5) is 14.5 Å². The van der Waals surface area contributed by atoms with E-state index >= 15 is 8.78 Å². The van der Waals surface area contributed by atoms with E-state index in [9.17, 15) is 5.21 Å². The molecule has 1 aliphatic rings. The Morgan fingerprint density at radius 1 is 1.00 bits per heavy atom. The summed E-state index contributed by atoms with van der Waals surface area (Å²) in [6.45, 7) is 10.9. The van der Waals surface area contributed by atoms with E-state index in [1.807, 2.05) is 50.2 Å². The van der Waals surface area contributed by atoms with Crippen LogP contribution >= 0.6 is 11.6 Å². The minimum atomic E-state index is -3.07. The molecule has 0 spiro atoms. The van der Waals surface area contributed by atoms with Crippen LogP contribution in [0.5, 0.6) is 0 Å². The van der Waals surface area contributed by atoms with Gasteiger partial charge in [-0.15, -0.1) is 0 Å². The Morgan fingerprint density at radius 3 is 2.09 bits per heavy atom. The molecule has 7 nitrogen and oxygen atoms in total. The van der Waals surface area contributed by atoms with E-state index in [0.717, 1.165) is 10.4 Å². The van der Waals surface area contributed by atoms with Crippen molar-refractivity contribution in [3.05, 3.63) is 113 Å². The molecule has 0 unspecified atom stereocenters. The van der Waals surface area contributed by atoms with Crippen LogP contribution in [0.3, 0.4) is 0 Å². The highest BCUT2D eigenvalue weighted by atomic mass is 35.5. The molecule has 3 aromatic carbocycles. The van der Waals surface area contributed by atoms with Gasteiger partial charge in [0.05, 0.1) is 36.9 Å². The second-order valence-corrected chi connectivity index (χ2v) is 17.0. The van der Waals surface area contributed by atoms with E-state index in [1.165, 1.54) is 18.5 Å². The largest absolute Gasteiger partial charge is 0.410 e. The Labute approximate surface area is 268 Å².